The van der Waals surface area contributed by atoms with Gasteiger partial charge >= 0.3 is 5.63 Å². The molecule has 0 amide bonds. The van der Waals surface area contributed by atoms with Gasteiger partial charge in [-0.3, -0.25) is 9.98 Å². The molecule has 3 aliphatic heterocycles. The van der Waals surface area contributed by atoms with Gasteiger partial charge in [-0.2, -0.15) is 0 Å². The van der Waals surface area contributed by atoms with Crippen LogP contribution in [0, 0.1) is 0 Å². The molecule has 1 fully saturated rings. The number of hydrogen-bond acceptors (Lipinski definition) is 7. The summed E-state index contributed by atoms with van der Waals surface area (Å²) in [4.78, 5) is 24.5. The Bertz CT molecular complexity index is 1190. The fourth-order valence-corrected chi connectivity index (χ4v) is 4.83. The molecule has 168 valence electrons. The standard InChI is InChI=1S/C25H30N4O3/c1-16-13-29-15-25(3,28-23(29)17(2)27-16)21-12-19-7-6-18(11-22(19)32-24(21)30)5-4-9-26-20-8-10-31-14-20/h6-7,11-13,20,26H,4-5,8-10,14-15H2,1-3H3. The number of rotatable bonds is 6. The number of nitrogens with one attached hydrogen (secondary N) is 1. The molecular formula is C25H30N4O3. The minimum Gasteiger partial charge on any atom is -0.422 e. The van der Waals surface area contributed by atoms with Gasteiger partial charge in [0.05, 0.1) is 30.1 Å². The molecular weight excluding hydrogens is 404 g/mol. The van der Waals surface area contributed by atoms with E-state index in [1.165, 1.54) is 5.56 Å². The number of aryl methyl sites for hydroxylation is 1. The van der Waals surface area contributed by atoms with Gasteiger partial charge < -0.3 is 19.4 Å². The van der Waals surface area contributed by atoms with Crippen molar-refractivity contribution in [3.63, 3.8) is 0 Å². The second kappa shape index (κ2) is 8.30. The van der Waals surface area contributed by atoms with Crippen molar-refractivity contribution < 1.29 is 9.15 Å². The molecule has 5 rings (SSSR count). The highest BCUT2D eigenvalue weighted by molar-refractivity contribution is 6.41. The van der Waals surface area contributed by atoms with E-state index in [2.05, 4.69) is 21.3 Å². The summed E-state index contributed by atoms with van der Waals surface area (Å²) >= 11 is 0. The lowest BCUT2D eigenvalue weighted by atomic mass is 9.93. The van der Waals surface area contributed by atoms with Crippen molar-refractivity contribution in [2.45, 2.75) is 51.6 Å². The van der Waals surface area contributed by atoms with E-state index in [9.17, 15) is 4.79 Å². The Morgan fingerprint density at radius 1 is 1.28 bits per heavy atom. The van der Waals surface area contributed by atoms with Crippen LogP contribution in [0.4, 0.5) is 0 Å². The topological polar surface area (TPSA) is 79.4 Å². The molecule has 3 aliphatic rings. The van der Waals surface area contributed by atoms with E-state index in [0.717, 1.165) is 61.7 Å². The molecule has 0 saturated carbocycles. The molecule has 2 atom stereocenters. The molecule has 2 unspecified atom stereocenters. The van der Waals surface area contributed by atoms with Gasteiger partial charge in [0.15, 0.2) is 0 Å². The number of benzene rings is 1. The van der Waals surface area contributed by atoms with Gasteiger partial charge in [0, 0.05) is 24.2 Å². The van der Waals surface area contributed by atoms with Crippen molar-refractivity contribution in [1.82, 2.24) is 10.2 Å². The van der Waals surface area contributed by atoms with Crippen LogP contribution in [0.15, 0.2) is 55.4 Å². The third-order valence-electron chi connectivity index (χ3n) is 6.50. The third kappa shape index (κ3) is 4.02. The van der Waals surface area contributed by atoms with Crippen LogP contribution in [-0.4, -0.2) is 48.8 Å². The number of fused-ring (bicyclic) bond motifs is 2. The van der Waals surface area contributed by atoms with Crippen molar-refractivity contribution in [1.29, 1.82) is 0 Å². The summed E-state index contributed by atoms with van der Waals surface area (Å²) in [5.74, 6) is 0.825. The summed E-state index contributed by atoms with van der Waals surface area (Å²) in [6.45, 7) is 9.14. The fraction of sp³-hybridized carbons (Fsp3) is 0.480. The largest absolute Gasteiger partial charge is 0.422 e. The van der Waals surface area contributed by atoms with E-state index < -0.39 is 5.54 Å². The Kier molecular flexibility index (Phi) is 5.47. The first-order valence-electron chi connectivity index (χ1n) is 11.4. The number of ether oxygens (including phenoxy) is 1. The Balaban J connectivity index is 1.34. The normalized spacial score (nSPS) is 25.0. The molecule has 0 spiro atoms. The summed E-state index contributed by atoms with van der Waals surface area (Å²) in [7, 11) is 0. The minimum absolute atomic E-state index is 0.320. The molecule has 1 aromatic heterocycles. The zero-order chi connectivity index (χ0) is 22.3. The molecule has 2 aromatic rings. The molecule has 1 N–H and O–H groups in total. The molecule has 1 saturated heterocycles. The van der Waals surface area contributed by atoms with Gasteiger partial charge in [0.2, 0.25) is 0 Å². The van der Waals surface area contributed by atoms with E-state index in [-0.39, 0.29) is 5.63 Å². The lowest BCUT2D eigenvalue weighted by molar-refractivity contribution is 0.190. The van der Waals surface area contributed by atoms with Gasteiger partial charge in [0.1, 0.15) is 17.0 Å². The molecule has 0 aliphatic carbocycles. The minimum atomic E-state index is -0.670. The van der Waals surface area contributed by atoms with Crippen LogP contribution >= 0.6 is 0 Å². The van der Waals surface area contributed by atoms with Crippen LogP contribution in [0.25, 0.3) is 11.0 Å². The highest BCUT2D eigenvalue weighted by Gasteiger charge is 2.40. The Hall–Kier alpha value is -2.77. The van der Waals surface area contributed by atoms with Gasteiger partial charge in [0.25, 0.3) is 0 Å². The van der Waals surface area contributed by atoms with E-state index in [4.69, 9.17) is 14.1 Å². The fourth-order valence-electron chi connectivity index (χ4n) is 4.83. The van der Waals surface area contributed by atoms with E-state index in [1.54, 1.807) is 0 Å². The number of allylic oxidation sites excluding steroid dienone is 1. The van der Waals surface area contributed by atoms with E-state index in [0.29, 0.717) is 23.7 Å². The Labute approximate surface area is 187 Å². The van der Waals surface area contributed by atoms with Crippen LogP contribution < -0.4 is 10.9 Å². The average molecular weight is 435 g/mol. The quantitative estimate of drug-likeness (QED) is 0.557. The average Bonchev–Trinajstić information content (AvgIpc) is 3.38. The number of aliphatic imine (C=N–C) groups is 2. The number of nitrogens with zero attached hydrogens (tertiary/aromatic N) is 3. The highest BCUT2D eigenvalue weighted by Crippen LogP contribution is 2.33. The lowest BCUT2D eigenvalue weighted by Crippen LogP contribution is -2.35. The summed E-state index contributed by atoms with van der Waals surface area (Å²) in [5.41, 5.74) is 3.22. The summed E-state index contributed by atoms with van der Waals surface area (Å²) in [6, 6.07) is 8.59. The zero-order valence-corrected chi connectivity index (χ0v) is 19.0. The van der Waals surface area contributed by atoms with Gasteiger partial charge in [-0.1, -0.05) is 12.1 Å². The highest BCUT2D eigenvalue weighted by atomic mass is 16.5. The molecule has 0 radical (unpaired) electrons. The van der Waals surface area contributed by atoms with Gasteiger partial charge in [-0.05, 0) is 64.3 Å². The molecule has 4 heterocycles. The predicted molar refractivity (Wildman–Crippen MR) is 126 cm³/mol. The maximum atomic E-state index is 13.0. The van der Waals surface area contributed by atoms with Crippen LogP contribution in [0.5, 0.6) is 0 Å². The maximum absolute atomic E-state index is 13.0. The van der Waals surface area contributed by atoms with Crippen molar-refractivity contribution >= 4 is 22.5 Å². The third-order valence-corrected chi connectivity index (χ3v) is 6.50. The SMILES string of the molecule is CC1=CN2CC(C)(c3cc4ccc(CCCNC5CCOC5)cc4oc3=O)N=C2C(C)=N1. The van der Waals surface area contributed by atoms with Crippen molar-refractivity contribution in [3.8, 4) is 0 Å². The number of hydrogen-bond donors (Lipinski definition) is 1. The Morgan fingerprint density at radius 3 is 2.97 bits per heavy atom. The molecule has 1 aromatic carbocycles. The van der Waals surface area contributed by atoms with Crippen LogP contribution in [0.3, 0.4) is 0 Å². The molecule has 7 heteroatoms. The first-order valence-corrected chi connectivity index (χ1v) is 11.4. The second-order valence-corrected chi connectivity index (χ2v) is 9.24. The van der Waals surface area contributed by atoms with E-state index in [1.807, 2.05) is 45.2 Å². The van der Waals surface area contributed by atoms with Crippen LogP contribution in [-0.2, 0) is 16.7 Å². The lowest BCUT2D eigenvalue weighted by Gasteiger charge is -2.23. The molecule has 32 heavy (non-hydrogen) atoms. The predicted octanol–water partition coefficient (Wildman–Crippen LogP) is 3.37. The second-order valence-electron chi connectivity index (χ2n) is 9.24. The zero-order valence-electron chi connectivity index (χ0n) is 19.0. The Morgan fingerprint density at radius 2 is 2.16 bits per heavy atom. The molecule has 0 bridgehead atoms. The first kappa shape index (κ1) is 21.1. The smallest absolute Gasteiger partial charge is 0.342 e. The summed E-state index contributed by atoms with van der Waals surface area (Å²) in [5, 5.41) is 4.46. The monoisotopic (exact) mass is 434 g/mol. The summed E-state index contributed by atoms with van der Waals surface area (Å²) < 4.78 is 11.2. The van der Waals surface area contributed by atoms with Crippen LogP contribution in [0.2, 0.25) is 0 Å². The first-order chi connectivity index (χ1) is 15.4. The maximum Gasteiger partial charge on any atom is 0.342 e. The van der Waals surface area contributed by atoms with Crippen LogP contribution in [0.1, 0.15) is 44.7 Å². The van der Waals surface area contributed by atoms with Gasteiger partial charge in [-0.25, -0.2) is 4.79 Å². The summed E-state index contributed by atoms with van der Waals surface area (Å²) in [6.07, 6.45) is 5.05. The van der Waals surface area contributed by atoms with Crippen molar-refractivity contribution in [2.24, 2.45) is 9.98 Å². The number of amidine groups is 1. The molecule has 7 nitrogen and oxygen atoms in total. The van der Waals surface area contributed by atoms with Gasteiger partial charge in [-0.15, -0.1) is 0 Å². The van der Waals surface area contributed by atoms with Crippen molar-refractivity contribution in [3.05, 3.63) is 57.7 Å². The van der Waals surface area contributed by atoms with E-state index >= 15 is 0 Å². The van der Waals surface area contributed by atoms with Crippen molar-refractivity contribution in [2.75, 3.05) is 26.3 Å².